The van der Waals surface area contributed by atoms with Crippen molar-refractivity contribution < 1.29 is 14.0 Å². The molecule has 23 heavy (non-hydrogen) atoms. The third-order valence-electron chi connectivity index (χ3n) is 3.69. The van der Waals surface area contributed by atoms with Crippen LogP contribution >= 0.6 is 11.6 Å². The fourth-order valence-electron chi connectivity index (χ4n) is 2.58. The molecule has 0 saturated carbocycles. The predicted octanol–water partition coefficient (Wildman–Crippen LogP) is 3.86. The Balaban J connectivity index is 1.94. The van der Waals surface area contributed by atoms with Crippen molar-refractivity contribution in [2.75, 3.05) is 16.8 Å². The Bertz CT molecular complexity index is 779. The Labute approximate surface area is 137 Å². The van der Waals surface area contributed by atoms with E-state index in [9.17, 15) is 14.0 Å². The monoisotopic (exact) mass is 332 g/mol. The van der Waals surface area contributed by atoms with Gasteiger partial charge in [-0.05, 0) is 36.8 Å². The molecule has 0 aliphatic carbocycles. The lowest BCUT2D eigenvalue weighted by Crippen LogP contribution is -2.27. The molecular formula is C17H14ClFN2O2. The van der Waals surface area contributed by atoms with Crippen molar-refractivity contribution in [2.45, 2.75) is 12.8 Å². The number of para-hydroxylation sites is 1. The molecule has 0 radical (unpaired) electrons. The van der Waals surface area contributed by atoms with Gasteiger partial charge in [-0.1, -0.05) is 23.7 Å². The van der Waals surface area contributed by atoms with E-state index in [0.29, 0.717) is 23.7 Å². The lowest BCUT2D eigenvalue weighted by molar-refractivity contribution is -0.117. The van der Waals surface area contributed by atoms with E-state index in [2.05, 4.69) is 5.32 Å². The number of nitrogens with zero attached hydrogens (tertiary/aromatic N) is 1. The normalized spacial score (nSPS) is 14.2. The summed E-state index contributed by atoms with van der Waals surface area (Å²) in [7, 11) is 0. The van der Waals surface area contributed by atoms with Gasteiger partial charge in [0.15, 0.2) is 0 Å². The number of anilines is 2. The molecule has 2 aromatic carbocycles. The molecule has 0 bridgehead atoms. The van der Waals surface area contributed by atoms with Crippen LogP contribution in [0.4, 0.5) is 15.8 Å². The second kappa shape index (κ2) is 6.38. The van der Waals surface area contributed by atoms with Crippen LogP contribution in [0.3, 0.4) is 0 Å². The van der Waals surface area contributed by atoms with Gasteiger partial charge in [0, 0.05) is 18.0 Å². The highest BCUT2D eigenvalue weighted by atomic mass is 35.5. The molecule has 1 aliphatic rings. The summed E-state index contributed by atoms with van der Waals surface area (Å²) in [6.07, 6.45) is 1.18. The van der Waals surface area contributed by atoms with E-state index in [1.165, 1.54) is 12.1 Å². The van der Waals surface area contributed by atoms with E-state index in [-0.39, 0.29) is 17.2 Å². The molecule has 0 spiro atoms. The van der Waals surface area contributed by atoms with Gasteiger partial charge in [0.2, 0.25) is 5.91 Å². The minimum Gasteiger partial charge on any atom is -0.319 e. The molecule has 4 nitrogen and oxygen atoms in total. The van der Waals surface area contributed by atoms with Gasteiger partial charge in [-0.15, -0.1) is 0 Å². The molecule has 1 saturated heterocycles. The van der Waals surface area contributed by atoms with Gasteiger partial charge in [-0.25, -0.2) is 4.39 Å². The Morgan fingerprint density at radius 3 is 2.70 bits per heavy atom. The number of halogens is 2. The van der Waals surface area contributed by atoms with E-state index in [1.54, 1.807) is 35.2 Å². The van der Waals surface area contributed by atoms with Crippen molar-refractivity contribution in [3.05, 3.63) is 58.9 Å². The highest BCUT2D eigenvalue weighted by Gasteiger charge is 2.26. The molecule has 3 rings (SSSR count). The van der Waals surface area contributed by atoms with Gasteiger partial charge in [0.1, 0.15) is 5.82 Å². The van der Waals surface area contributed by atoms with Crippen LogP contribution < -0.4 is 10.2 Å². The summed E-state index contributed by atoms with van der Waals surface area (Å²) in [5, 5.41) is 2.96. The number of benzene rings is 2. The predicted molar refractivity (Wildman–Crippen MR) is 87.4 cm³/mol. The fourth-order valence-corrected chi connectivity index (χ4v) is 2.74. The lowest BCUT2D eigenvalue weighted by atomic mass is 10.1. The Hall–Kier alpha value is -2.40. The standard InChI is InChI=1S/C17H14ClFN2O2/c18-11-7-8-12(15(10-11)21-9-3-6-16(21)22)17(23)20-14-5-2-1-4-13(14)19/h1-2,4-5,7-8,10H,3,6,9H2,(H,20,23). The molecule has 6 heteroatoms. The third-order valence-corrected chi connectivity index (χ3v) is 3.93. The largest absolute Gasteiger partial charge is 0.319 e. The van der Waals surface area contributed by atoms with Crippen LogP contribution in [0.2, 0.25) is 5.02 Å². The molecule has 1 N–H and O–H groups in total. The first-order valence-corrected chi connectivity index (χ1v) is 7.60. The summed E-state index contributed by atoms with van der Waals surface area (Å²) >= 11 is 6.00. The zero-order valence-electron chi connectivity index (χ0n) is 12.2. The SMILES string of the molecule is O=C(Nc1ccccc1F)c1ccc(Cl)cc1N1CCCC1=O. The average molecular weight is 333 g/mol. The Morgan fingerprint density at radius 1 is 1.22 bits per heavy atom. The molecule has 1 fully saturated rings. The molecule has 1 aliphatic heterocycles. The van der Waals surface area contributed by atoms with Crippen LogP contribution in [-0.4, -0.2) is 18.4 Å². The minimum atomic E-state index is -0.520. The number of nitrogens with one attached hydrogen (secondary N) is 1. The second-order valence-corrected chi connectivity index (χ2v) is 5.68. The van der Waals surface area contributed by atoms with Crippen molar-refractivity contribution in [1.82, 2.24) is 0 Å². The van der Waals surface area contributed by atoms with Crippen LogP contribution in [0.15, 0.2) is 42.5 Å². The van der Waals surface area contributed by atoms with Crippen LogP contribution in [0.5, 0.6) is 0 Å². The van der Waals surface area contributed by atoms with Crippen molar-refractivity contribution in [1.29, 1.82) is 0 Å². The summed E-state index contributed by atoms with van der Waals surface area (Å²) in [4.78, 5) is 26.0. The van der Waals surface area contributed by atoms with E-state index < -0.39 is 11.7 Å². The Kier molecular flexibility index (Phi) is 4.30. The lowest BCUT2D eigenvalue weighted by Gasteiger charge is -2.20. The number of carbonyl (C=O) groups excluding carboxylic acids is 2. The van der Waals surface area contributed by atoms with Crippen LogP contribution in [-0.2, 0) is 4.79 Å². The zero-order valence-corrected chi connectivity index (χ0v) is 12.9. The number of rotatable bonds is 3. The molecule has 2 amide bonds. The molecule has 1 heterocycles. The van der Waals surface area contributed by atoms with Gasteiger partial charge < -0.3 is 10.2 Å². The highest BCUT2D eigenvalue weighted by Crippen LogP contribution is 2.29. The van der Waals surface area contributed by atoms with Crippen LogP contribution in [0, 0.1) is 5.82 Å². The second-order valence-electron chi connectivity index (χ2n) is 5.24. The first-order valence-electron chi connectivity index (χ1n) is 7.22. The molecule has 118 valence electrons. The van der Waals surface area contributed by atoms with Crippen LogP contribution in [0.25, 0.3) is 0 Å². The Morgan fingerprint density at radius 2 is 2.00 bits per heavy atom. The van der Waals surface area contributed by atoms with E-state index in [0.717, 1.165) is 6.42 Å². The number of hydrogen-bond acceptors (Lipinski definition) is 2. The molecule has 2 aromatic rings. The van der Waals surface area contributed by atoms with Crippen molar-refractivity contribution in [3.63, 3.8) is 0 Å². The van der Waals surface area contributed by atoms with Gasteiger partial charge in [0.25, 0.3) is 5.91 Å². The maximum absolute atomic E-state index is 13.7. The van der Waals surface area contributed by atoms with Gasteiger partial charge in [-0.2, -0.15) is 0 Å². The van der Waals surface area contributed by atoms with Crippen LogP contribution in [0.1, 0.15) is 23.2 Å². The fraction of sp³-hybridized carbons (Fsp3) is 0.176. The van der Waals surface area contributed by atoms with Crippen molar-refractivity contribution in [3.8, 4) is 0 Å². The van der Waals surface area contributed by atoms with Gasteiger partial charge in [-0.3, -0.25) is 9.59 Å². The third kappa shape index (κ3) is 3.19. The highest BCUT2D eigenvalue weighted by molar-refractivity contribution is 6.31. The first kappa shape index (κ1) is 15.5. The summed E-state index contributed by atoms with van der Waals surface area (Å²) in [5.74, 6) is -1.05. The summed E-state index contributed by atoms with van der Waals surface area (Å²) in [6, 6.07) is 10.6. The van der Waals surface area contributed by atoms with Crippen molar-refractivity contribution >= 4 is 34.8 Å². The zero-order chi connectivity index (χ0) is 16.4. The number of amides is 2. The average Bonchev–Trinajstić information content (AvgIpc) is 2.95. The topological polar surface area (TPSA) is 49.4 Å². The summed E-state index contributed by atoms with van der Waals surface area (Å²) in [5.41, 5.74) is 0.827. The summed E-state index contributed by atoms with van der Waals surface area (Å²) < 4.78 is 13.7. The maximum atomic E-state index is 13.7. The number of carbonyl (C=O) groups is 2. The van der Waals surface area contributed by atoms with E-state index >= 15 is 0 Å². The van der Waals surface area contributed by atoms with Crippen molar-refractivity contribution in [2.24, 2.45) is 0 Å². The molecule has 0 atom stereocenters. The smallest absolute Gasteiger partial charge is 0.257 e. The van der Waals surface area contributed by atoms with Gasteiger partial charge in [0.05, 0.1) is 16.9 Å². The number of hydrogen-bond donors (Lipinski definition) is 1. The summed E-state index contributed by atoms with van der Waals surface area (Å²) in [6.45, 7) is 0.541. The van der Waals surface area contributed by atoms with E-state index in [4.69, 9.17) is 11.6 Å². The maximum Gasteiger partial charge on any atom is 0.257 e. The molecular weight excluding hydrogens is 319 g/mol. The quantitative estimate of drug-likeness (QED) is 0.928. The molecule has 0 unspecified atom stereocenters. The van der Waals surface area contributed by atoms with Gasteiger partial charge >= 0.3 is 0 Å². The first-order chi connectivity index (χ1) is 11.1. The minimum absolute atomic E-state index is 0.0489. The molecule has 0 aromatic heterocycles. The van der Waals surface area contributed by atoms with E-state index in [1.807, 2.05) is 0 Å².